The van der Waals surface area contributed by atoms with E-state index in [0.717, 1.165) is 4.47 Å². The Balaban J connectivity index is 2.73. The van der Waals surface area contributed by atoms with E-state index in [-0.39, 0.29) is 0 Å². The Labute approximate surface area is 91.4 Å². The maximum Gasteiger partial charge on any atom is 0.138 e. The monoisotopic (exact) mass is 255 g/mol. The lowest BCUT2D eigenvalue weighted by molar-refractivity contribution is 0.146. The molecule has 0 heterocycles. The van der Waals surface area contributed by atoms with Crippen LogP contribution in [0, 0.1) is 11.3 Å². The van der Waals surface area contributed by atoms with Crippen molar-refractivity contribution in [1.29, 1.82) is 5.26 Å². The maximum absolute atomic E-state index is 8.79. The smallest absolute Gasteiger partial charge is 0.138 e. The third-order valence-electron chi connectivity index (χ3n) is 1.61. The topological polar surface area (TPSA) is 42.2 Å². The van der Waals surface area contributed by atoms with E-state index in [1.165, 1.54) is 0 Å². The molecule has 0 fully saturated rings. The quantitative estimate of drug-likeness (QED) is 0.776. The number of benzene rings is 1. The summed E-state index contributed by atoms with van der Waals surface area (Å²) in [6.07, 6.45) is 0. The SMILES string of the molecule is COCCOc1cc(Br)ccc1C#N. The van der Waals surface area contributed by atoms with Gasteiger partial charge in [-0.05, 0) is 18.2 Å². The first-order valence-electron chi connectivity index (χ1n) is 4.09. The average molecular weight is 256 g/mol. The van der Waals surface area contributed by atoms with E-state index < -0.39 is 0 Å². The lowest BCUT2D eigenvalue weighted by Gasteiger charge is -2.07. The molecular weight excluding hydrogens is 246 g/mol. The summed E-state index contributed by atoms with van der Waals surface area (Å²) in [6, 6.07) is 7.36. The Kier molecular flexibility index (Phi) is 4.44. The van der Waals surface area contributed by atoms with Gasteiger partial charge in [0.1, 0.15) is 18.4 Å². The van der Waals surface area contributed by atoms with Crippen LogP contribution in [0.5, 0.6) is 5.75 Å². The van der Waals surface area contributed by atoms with Crippen LogP contribution in [-0.2, 0) is 4.74 Å². The summed E-state index contributed by atoms with van der Waals surface area (Å²) in [4.78, 5) is 0. The van der Waals surface area contributed by atoms with Crippen LogP contribution in [0.15, 0.2) is 22.7 Å². The van der Waals surface area contributed by atoms with E-state index in [9.17, 15) is 0 Å². The largest absolute Gasteiger partial charge is 0.490 e. The van der Waals surface area contributed by atoms with Gasteiger partial charge in [-0.1, -0.05) is 15.9 Å². The van der Waals surface area contributed by atoms with Gasteiger partial charge in [-0.25, -0.2) is 0 Å². The number of nitrogens with zero attached hydrogens (tertiary/aromatic N) is 1. The second kappa shape index (κ2) is 5.63. The van der Waals surface area contributed by atoms with E-state index in [1.807, 2.05) is 6.07 Å². The van der Waals surface area contributed by atoms with Gasteiger partial charge in [0.05, 0.1) is 12.2 Å². The summed E-state index contributed by atoms with van der Waals surface area (Å²) in [5, 5.41) is 8.79. The second-order valence-corrected chi connectivity index (χ2v) is 3.51. The second-order valence-electron chi connectivity index (χ2n) is 2.59. The van der Waals surface area contributed by atoms with Crippen LogP contribution in [0.3, 0.4) is 0 Å². The molecule has 1 aromatic rings. The Bertz CT molecular complexity index is 346. The molecule has 14 heavy (non-hydrogen) atoms. The molecule has 0 amide bonds. The normalized spacial score (nSPS) is 9.50. The Morgan fingerprint density at radius 1 is 1.43 bits per heavy atom. The molecule has 74 valence electrons. The number of ether oxygens (including phenoxy) is 2. The number of methoxy groups -OCH3 is 1. The third kappa shape index (κ3) is 3.02. The predicted molar refractivity (Wildman–Crippen MR) is 56.2 cm³/mol. The zero-order valence-corrected chi connectivity index (χ0v) is 9.37. The molecular formula is C10H10BrNO2. The van der Waals surface area contributed by atoms with Crippen LogP contribution in [0.2, 0.25) is 0 Å². The van der Waals surface area contributed by atoms with E-state index in [2.05, 4.69) is 22.0 Å². The Hall–Kier alpha value is -1.05. The average Bonchev–Trinajstić information content (AvgIpc) is 2.19. The molecule has 0 aliphatic heterocycles. The molecule has 0 bridgehead atoms. The molecule has 0 atom stereocenters. The van der Waals surface area contributed by atoms with Gasteiger partial charge in [-0.3, -0.25) is 0 Å². The van der Waals surface area contributed by atoms with Gasteiger partial charge in [0, 0.05) is 11.6 Å². The highest BCUT2D eigenvalue weighted by molar-refractivity contribution is 9.10. The van der Waals surface area contributed by atoms with Crippen molar-refractivity contribution in [1.82, 2.24) is 0 Å². The summed E-state index contributed by atoms with van der Waals surface area (Å²) >= 11 is 3.31. The van der Waals surface area contributed by atoms with Crippen LogP contribution < -0.4 is 4.74 Å². The first-order valence-corrected chi connectivity index (χ1v) is 4.88. The van der Waals surface area contributed by atoms with E-state index in [1.54, 1.807) is 19.2 Å². The fourth-order valence-electron chi connectivity index (χ4n) is 0.943. The number of hydrogen-bond acceptors (Lipinski definition) is 3. The van der Waals surface area contributed by atoms with Crippen LogP contribution in [0.25, 0.3) is 0 Å². The summed E-state index contributed by atoms with van der Waals surface area (Å²) in [5.74, 6) is 0.582. The van der Waals surface area contributed by atoms with Crippen molar-refractivity contribution >= 4 is 15.9 Å². The fraction of sp³-hybridized carbons (Fsp3) is 0.300. The fourth-order valence-corrected chi connectivity index (χ4v) is 1.28. The molecule has 0 saturated heterocycles. The van der Waals surface area contributed by atoms with Gasteiger partial charge in [-0.15, -0.1) is 0 Å². The summed E-state index contributed by atoms with van der Waals surface area (Å²) < 4.78 is 11.1. The molecule has 0 aliphatic rings. The lowest BCUT2D eigenvalue weighted by Crippen LogP contribution is -2.05. The van der Waals surface area contributed by atoms with Crippen molar-refractivity contribution in [2.75, 3.05) is 20.3 Å². The molecule has 0 aliphatic carbocycles. The molecule has 0 unspecified atom stereocenters. The maximum atomic E-state index is 8.79. The van der Waals surface area contributed by atoms with Crippen LogP contribution in [-0.4, -0.2) is 20.3 Å². The van der Waals surface area contributed by atoms with Gasteiger partial charge >= 0.3 is 0 Å². The molecule has 4 heteroatoms. The van der Waals surface area contributed by atoms with Gasteiger partial charge in [0.25, 0.3) is 0 Å². The molecule has 0 radical (unpaired) electrons. The van der Waals surface area contributed by atoms with Gasteiger partial charge in [0.2, 0.25) is 0 Å². The van der Waals surface area contributed by atoms with E-state index in [0.29, 0.717) is 24.5 Å². The molecule has 0 N–H and O–H groups in total. The first kappa shape index (κ1) is 11.0. The van der Waals surface area contributed by atoms with Crippen LogP contribution in [0.4, 0.5) is 0 Å². The zero-order chi connectivity index (χ0) is 10.4. The highest BCUT2D eigenvalue weighted by Gasteiger charge is 2.03. The highest BCUT2D eigenvalue weighted by atomic mass is 79.9. The summed E-state index contributed by atoms with van der Waals surface area (Å²) in [5.41, 5.74) is 0.532. The Morgan fingerprint density at radius 2 is 2.21 bits per heavy atom. The zero-order valence-electron chi connectivity index (χ0n) is 7.79. The molecule has 0 saturated carbocycles. The first-order chi connectivity index (χ1) is 6.77. The molecule has 1 aromatic carbocycles. The minimum atomic E-state index is 0.446. The highest BCUT2D eigenvalue weighted by Crippen LogP contribution is 2.22. The van der Waals surface area contributed by atoms with Crippen molar-refractivity contribution in [3.05, 3.63) is 28.2 Å². The van der Waals surface area contributed by atoms with Crippen LogP contribution in [0.1, 0.15) is 5.56 Å². The molecule has 1 rings (SSSR count). The van der Waals surface area contributed by atoms with E-state index >= 15 is 0 Å². The van der Waals surface area contributed by atoms with E-state index in [4.69, 9.17) is 14.7 Å². The molecule has 0 aromatic heterocycles. The minimum absolute atomic E-state index is 0.446. The number of nitriles is 1. The van der Waals surface area contributed by atoms with Gasteiger partial charge in [-0.2, -0.15) is 5.26 Å². The van der Waals surface area contributed by atoms with Gasteiger partial charge in [0.15, 0.2) is 0 Å². The number of halogens is 1. The van der Waals surface area contributed by atoms with Crippen molar-refractivity contribution < 1.29 is 9.47 Å². The van der Waals surface area contributed by atoms with Crippen LogP contribution >= 0.6 is 15.9 Å². The molecule has 0 spiro atoms. The summed E-state index contributed by atoms with van der Waals surface area (Å²) in [6.45, 7) is 0.957. The Morgan fingerprint density at radius 3 is 2.86 bits per heavy atom. The third-order valence-corrected chi connectivity index (χ3v) is 2.10. The number of rotatable bonds is 4. The molecule has 3 nitrogen and oxygen atoms in total. The predicted octanol–water partition coefficient (Wildman–Crippen LogP) is 2.35. The summed E-state index contributed by atoms with van der Waals surface area (Å²) in [7, 11) is 1.61. The lowest BCUT2D eigenvalue weighted by atomic mass is 10.2. The number of hydrogen-bond donors (Lipinski definition) is 0. The van der Waals surface area contributed by atoms with Gasteiger partial charge < -0.3 is 9.47 Å². The minimum Gasteiger partial charge on any atom is -0.490 e. The van der Waals surface area contributed by atoms with Crippen molar-refractivity contribution in [3.63, 3.8) is 0 Å². The van der Waals surface area contributed by atoms with Crippen molar-refractivity contribution in [3.8, 4) is 11.8 Å². The van der Waals surface area contributed by atoms with Crippen molar-refractivity contribution in [2.24, 2.45) is 0 Å². The standard InChI is InChI=1S/C10H10BrNO2/c1-13-4-5-14-10-6-9(11)3-2-8(10)7-12/h2-3,6H,4-5H2,1H3. The van der Waals surface area contributed by atoms with Crippen molar-refractivity contribution in [2.45, 2.75) is 0 Å².